The normalized spacial score (nSPS) is 12.4. The molecule has 3 heteroatoms. The van der Waals surface area contributed by atoms with Crippen molar-refractivity contribution in [3.63, 3.8) is 0 Å². The van der Waals surface area contributed by atoms with Crippen molar-refractivity contribution < 1.29 is 4.42 Å². The molecule has 17 heavy (non-hydrogen) atoms. The number of oxazole rings is 1. The van der Waals surface area contributed by atoms with Gasteiger partial charge >= 0.3 is 0 Å². The van der Waals surface area contributed by atoms with Crippen LogP contribution in [0.15, 0.2) is 10.6 Å². The number of rotatable bonds is 7. The Bertz CT molecular complexity index is 329. The van der Waals surface area contributed by atoms with Crippen molar-refractivity contribution in [2.75, 3.05) is 6.54 Å². The molecule has 0 saturated heterocycles. The van der Waals surface area contributed by atoms with E-state index < -0.39 is 0 Å². The Hall–Kier alpha value is -0.830. The zero-order valence-electron chi connectivity index (χ0n) is 11.8. The Labute approximate surface area is 105 Å². The minimum Gasteiger partial charge on any atom is -0.445 e. The van der Waals surface area contributed by atoms with Gasteiger partial charge in [-0.3, -0.25) is 0 Å². The zero-order chi connectivity index (χ0) is 12.9. The molecule has 3 nitrogen and oxygen atoms in total. The van der Waals surface area contributed by atoms with Gasteiger partial charge in [-0.25, -0.2) is 4.98 Å². The van der Waals surface area contributed by atoms with Crippen LogP contribution in [0, 0.1) is 0 Å². The predicted molar refractivity (Wildman–Crippen MR) is 71.3 cm³/mol. The lowest BCUT2D eigenvalue weighted by Gasteiger charge is -2.18. The van der Waals surface area contributed by atoms with E-state index in [1.54, 1.807) is 0 Å². The summed E-state index contributed by atoms with van der Waals surface area (Å²) in [7, 11) is 0. The molecule has 0 fully saturated rings. The Morgan fingerprint density at radius 3 is 2.71 bits per heavy atom. The fraction of sp³-hybridized carbons (Fsp3) is 0.786. The van der Waals surface area contributed by atoms with Crippen molar-refractivity contribution in [2.45, 2.75) is 65.3 Å². The summed E-state index contributed by atoms with van der Waals surface area (Å²) >= 11 is 0. The fourth-order valence-corrected chi connectivity index (χ4v) is 1.54. The van der Waals surface area contributed by atoms with Crippen molar-refractivity contribution in [2.24, 2.45) is 0 Å². The molecule has 0 aliphatic heterocycles. The smallest absolute Gasteiger partial charge is 0.194 e. The van der Waals surface area contributed by atoms with E-state index in [0.29, 0.717) is 6.04 Å². The number of hydrogen-bond donors (Lipinski definition) is 1. The molecule has 1 aromatic rings. The highest BCUT2D eigenvalue weighted by atomic mass is 16.4. The van der Waals surface area contributed by atoms with Gasteiger partial charge in [0.15, 0.2) is 5.89 Å². The summed E-state index contributed by atoms with van der Waals surface area (Å²) in [6, 6.07) is 0.550. The summed E-state index contributed by atoms with van der Waals surface area (Å²) in [6.45, 7) is 11.9. The SMILES string of the molecule is CCC(C)(C)c1cnc(CCCNC(C)C)o1. The van der Waals surface area contributed by atoms with Crippen molar-refractivity contribution in [3.05, 3.63) is 17.8 Å². The van der Waals surface area contributed by atoms with Crippen LogP contribution in [0.3, 0.4) is 0 Å². The maximum absolute atomic E-state index is 5.81. The van der Waals surface area contributed by atoms with Crippen molar-refractivity contribution in [1.82, 2.24) is 10.3 Å². The third kappa shape index (κ3) is 4.50. The van der Waals surface area contributed by atoms with Crippen molar-refractivity contribution in [1.29, 1.82) is 0 Å². The van der Waals surface area contributed by atoms with E-state index in [1.807, 2.05) is 6.20 Å². The van der Waals surface area contributed by atoms with Crippen LogP contribution in [-0.2, 0) is 11.8 Å². The van der Waals surface area contributed by atoms with Crippen LogP contribution in [0.4, 0.5) is 0 Å². The average molecular weight is 238 g/mol. The van der Waals surface area contributed by atoms with Gasteiger partial charge in [-0.15, -0.1) is 0 Å². The number of nitrogens with one attached hydrogen (secondary N) is 1. The largest absolute Gasteiger partial charge is 0.445 e. The molecule has 0 atom stereocenters. The number of aromatic nitrogens is 1. The Morgan fingerprint density at radius 1 is 1.41 bits per heavy atom. The van der Waals surface area contributed by atoms with Gasteiger partial charge in [-0.05, 0) is 19.4 Å². The van der Waals surface area contributed by atoms with E-state index in [2.05, 4.69) is 44.9 Å². The standard InChI is InChI=1S/C14H26N2O/c1-6-14(4,5)12-10-16-13(17-12)8-7-9-15-11(2)3/h10-11,15H,6-9H2,1-5H3. The highest BCUT2D eigenvalue weighted by Crippen LogP contribution is 2.27. The van der Waals surface area contributed by atoms with Gasteiger partial charge in [0.25, 0.3) is 0 Å². The summed E-state index contributed by atoms with van der Waals surface area (Å²) in [5.41, 5.74) is 0.0986. The van der Waals surface area contributed by atoms with Crippen LogP contribution in [0.25, 0.3) is 0 Å². The van der Waals surface area contributed by atoms with E-state index in [9.17, 15) is 0 Å². The van der Waals surface area contributed by atoms with Gasteiger partial charge in [0.05, 0.1) is 6.20 Å². The monoisotopic (exact) mass is 238 g/mol. The maximum Gasteiger partial charge on any atom is 0.194 e. The molecule has 0 bridgehead atoms. The molecule has 0 aliphatic rings. The van der Waals surface area contributed by atoms with E-state index >= 15 is 0 Å². The molecule has 1 heterocycles. The van der Waals surface area contributed by atoms with Crippen molar-refractivity contribution >= 4 is 0 Å². The minimum absolute atomic E-state index is 0.0986. The lowest BCUT2D eigenvalue weighted by Crippen LogP contribution is -2.23. The van der Waals surface area contributed by atoms with Crippen LogP contribution in [0.2, 0.25) is 0 Å². The molecule has 0 amide bonds. The molecule has 1 aromatic heterocycles. The first-order valence-electron chi connectivity index (χ1n) is 6.64. The Morgan fingerprint density at radius 2 is 2.12 bits per heavy atom. The van der Waals surface area contributed by atoms with Crippen molar-refractivity contribution in [3.8, 4) is 0 Å². The van der Waals surface area contributed by atoms with E-state index in [0.717, 1.165) is 37.5 Å². The first-order valence-corrected chi connectivity index (χ1v) is 6.64. The third-order valence-electron chi connectivity index (χ3n) is 3.22. The Balaban J connectivity index is 2.41. The van der Waals surface area contributed by atoms with Gasteiger partial charge in [0.2, 0.25) is 0 Å². The first-order chi connectivity index (χ1) is 7.95. The van der Waals surface area contributed by atoms with Gasteiger partial charge in [-0.2, -0.15) is 0 Å². The number of hydrogen-bond acceptors (Lipinski definition) is 3. The average Bonchev–Trinajstić information content (AvgIpc) is 2.73. The van der Waals surface area contributed by atoms with E-state index in [4.69, 9.17) is 4.42 Å². The molecular weight excluding hydrogens is 212 g/mol. The van der Waals surface area contributed by atoms with Gasteiger partial charge < -0.3 is 9.73 Å². The second kappa shape index (κ2) is 6.20. The fourth-order valence-electron chi connectivity index (χ4n) is 1.54. The maximum atomic E-state index is 5.81. The summed E-state index contributed by atoms with van der Waals surface area (Å²) < 4.78 is 5.81. The zero-order valence-corrected chi connectivity index (χ0v) is 11.8. The number of aryl methyl sites for hydroxylation is 1. The lowest BCUT2D eigenvalue weighted by atomic mass is 9.88. The highest BCUT2D eigenvalue weighted by molar-refractivity contribution is 5.07. The van der Waals surface area contributed by atoms with Crippen LogP contribution in [-0.4, -0.2) is 17.6 Å². The predicted octanol–water partition coefficient (Wildman–Crippen LogP) is 3.29. The molecule has 0 aliphatic carbocycles. The van der Waals surface area contributed by atoms with E-state index in [1.165, 1.54) is 0 Å². The van der Waals surface area contributed by atoms with Gasteiger partial charge in [0, 0.05) is 17.9 Å². The Kier molecular flexibility index (Phi) is 5.19. The lowest BCUT2D eigenvalue weighted by molar-refractivity contribution is 0.353. The second-order valence-corrected chi connectivity index (χ2v) is 5.57. The number of nitrogens with zero attached hydrogens (tertiary/aromatic N) is 1. The molecule has 0 radical (unpaired) electrons. The molecule has 1 N–H and O–H groups in total. The van der Waals surface area contributed by atoms with Gasteiger partial charge in [0.1, 0.15) is 5.76 Å². The molecule has 1 rings (SSSR count). The molecule has 0 unspecified atom stereocenters. The van der Waals surface area contributed by atoms with Crippen LogP contribution >= 0.6 is 0 Å². The molecule has 0 spiro atoms. The van der Waals surface area contributed by atoms with Crippen LogP contribution in [0.1, 0.15) is 59.1 Å². The topological polar surface area (TPSA) is 38.1 Å². The van der Waals surface area contributed by atoms with Crippen LogP contribution in [0.5, 0.6) is 0 Å². The molecule has 0 aromatic carbocycles. The molecular formula is C14H26N2O. The van der Waals surface area contributed by atoms with E-state index in [-0.39, 0.29) is 5.41 Å². The quantitative estimate of drug-likeness (QED) is 0.741. The summed E-state index contributed by atoms with van der Waals surface area (Å²) in [6.07, 6.45) is 4.94. The van der Waals surface area contributed by atoms with Crippen LogP contribution < -0.4 is 5.32 Å². The minimum atomic E-state index is 0.0986. The summed E-state index contributed by atoms with van der Waals surface area (Å²) in [5.74, 6) is 1.87. The third-order valence-corrected chi connectivity index (χ3v) is 3.22. The molecule has 0 saturated carbocycles. The second-order valence-electron chi connectivity index (χ2n) is 5.57. The summed E-state index contributed by atoms with van der Waals surface area (Å²) in [4.78, 5) is 4.35. The summed E-state index contributed by atoms with van der Waals surface area (Å²) in [5, 5.41) is 3.39. The highest BCUT2D eigenvalue weighted by Gasteiger charge is 2.22. The molecule has 98 valence electrons. The van der Waals surface area contributed by atoms with Gasteiger partial charge in [-0.1, -0.05) is 34.6 Å². The first kappa shape index (κ1) is 14.2.